The molecule has 1 aliphatic heterocycles. The molecule has 1 aliphatic rings. The average Bonchev–Trinajstić information content (AvgIpc) is 2.54. The second-order valence-electron chi connectivity index (χ2n) is 4.29. The van der Waals surface area contributed by atoms with Crippen LogP contribution >= 0.6 is 11.8 Å². The number of hydrogen-bond donors (Lipinski definition) is 1. The lowest BCUT2D eigenvalue weighted by atomic mass is 10.2. The molecule has 5 heteroatoms. The van der Waals surface area contributed by atoms with Crippen LogP contribution in [0.4, 0.5) is 0 Å². The highest BCUT2D eigenvalue weighted by Crippen LogP contribution is 2.14. The van der Waals surface area contributed by atoms with Crippen LogP contribution in [0.1, 0.15) is 33.6 Å². The Bertz CT molecular complexity index is 284. The number of amides is 2. The lowest BCUT2D eigenvalue weighted by Crippen LogP contribution is -2.42. The second kappa shape index (κ2) is 7.01. The number of hydrogen-bond acceptors (Lipinski definition) is 4. The largest absolute Gasteiger partial charge is 0.303 e. The first kappa shape index (κ1) is 14.5. The van der Waals surface area contributed by atoms with E-state index in [-0.39, 0.29) is 23.9 Å². The van der Waals surface area contributed by atoms with Crippen molar-refractivity contribution in [3.05, 3.63) is 0 Å². The highest BCUT2D eigenvalue weighted by Gasteiger charge is 2.37. The Balaban J connectivity index is 2.37. The number of likely N-dealkylation sites (N-methyl/N-ethyl adjacent to an activating group) is 1. The smallest absolute Gasteiger partial charge is 0.246 e. The fourth-order valence-corrected chi connectivity index (χ4v) is 2.79. The number of imide groups is 1. The molecule has 1 N–H and O–H groups in total. The van der Waals surface area contributed by atoms with Crippen LogP contribution in [0.25, 0.3) is 0 Å². The van der Waals surface area contributed by atoms with Crippen LogP contribution in [-0.2, 0) is 9.59 Å². The quantitative estimate of drug-likeness (QED) is 0.551. The van der Waals surface area contributed by atoms with Crippen molar-refractivity contribution in [1.29, 1.82) is 0 Å². The van der Waals surface area contributed by atoms with E-state index in [0.29, 0.717) is 13.0 Å². The van der Waals surface area contributed by atoms with Crippen molar-refractivity contribution in [2.24, 2.45) is 0 Å². The molecule has 17 heavy (non-hydrogen) atoms. The molecule has 0 radical (unpaired) electrons. The monoisotopic (exact) mass is 258 g/mol. The van der Waals surface area contributed by atoms with Gasteiger partial charge in [0.15, 0.2) is 0 Å². The van der Waals surface area contributed by atoms with Gasteiger partial charge in [0.05, 0.1) is 12.5 Å². The molecule has 1 rings (SSSR count). The summed E-state index contributed by atoms with van der Waals surface area (Å²) < 4.78 is 0. The average molecular weight is 258 g/mol. The van der Waals surface area contributed by atoms with E-state index in [9.17, 15) is 9.59 Å². The number of thioether (sulfide) groups is 1. The van der Waals surface area contributed by atoms with Gasteiger partial charge in [-0.05, 0) is 31.8 Å². The van der Waals surface area contributed by atoms with Gasteiger partial charge in [0.2, 0.25) is 11.8 Å². The molecule has 2 atom stereocenters. The van der Waals surface area contributed by atoms with Gasteiger partial charge >= 0.3 is 0 Å². The van der Waals surface area contributed by atoms with Crippen LogP contribution in [-0.4, -0.2) is 46.8 Å². The summed E-state index contributed by atoms with van der Waals surface area (Å²) in [6.07, 6.45) is 1.35. The van der Waals surface area contributed by atoms with Gasteiger partial charge in [0.25, 0.3) is 0 Å². The molecule has 0 saturated carbocycles. The van der Waals surface area contributed by atoms with Crippen molar-refractivity contribution in [2.45, 2.75) is 45.7 Å². The lowest BCUT2D eigenvalue weighted by molar-refractivity contribution is -0.138. The number of nitrogens with one attached hydrogen (secondary N) is 1. The lowest BCUT2D eigenvalue weighted by Gasteiger charge is -2.18. The van der Waals surface area contributed by atoms with Crippen molar-refractivity contribution in [3.8, 4) is 0 Å². The SMILES string of the molecule is CCSCCC(C)NC1CC(=O)N(CC)C1=O. The van der Waals surface area contributed by atoms with Crippen molar-refractivity contribution in [3.63, 3.8) is 0 Å². The summed E-state index contributed by atoms with van der Waals surface area (Å²) in [5.41, 5.74) is 0. The molecule has 1 heterocycles. The van der Waals surface area contributed by atoms with Gasteiger partial charge in [0.1, 0.15) is 0 Å². The van der Waals surface area contributed by atoms with Crippen LogP contribution in [0.15, 0.2) is 0 Å². The Hall–Kier alpha value is -0.550. The van der Waals surface area contributed by atoms with E-state index in [1.165, 1.54) is 4.90 Å². The maximum atomic E-state index is 11.8. The van der Waals surface area contributed by atoms with E-state index in [1.54, 1.807) is 0 Å². The summed E-state index contributed by atoms with van der Waals surface area (Å²) >= 11 is 1.90. The minimum atomic E-state index is -0.302. The molecule has 1 saturated heterocycles. The normalized spacial score (nSPS) is 22.3. The molecular weight excluding hydrogens is 236 g/mol. The standard InChI is InChI=1S/C12H22N2O2S/c1-4-14-11(15)8-10(12(14)16)13-9(3)6-7-17-5-2/h9-10,13H,4-8H2,1-3H3. The van der Waals surface area contributed by atoms with Crippen molar-refractivity contribution in [2.75, 3.05) is 18.1 Å². The highest BCUT2D eigenvalue weighted by molar-refractivity contribution is 7.99. The zero-order valence-corrected chi connectivity index (χ0v) is 11.7. The van der Waals surface area contributed by atoms with Gasteiger partial charge < -0.3 is 5.32 Å². The molecule has 0 bridgehead atoms. The van der Waals surface area contributed by atoms with Crippen LogP contribution in [0.2, 0.25) is 0 Å². The van der Waals surface area contributed by atoms with E-state index < -0.39 is 0 Å². The first-order valence-corrected chi connectivity index (χ1v) is 7.43. The minimum absolute atomic E-state index is 0.0508. The molecule has 0 aromatic rings. The van der Waals surface area contributed by atoms with Gasteiger partial charge in [-0.1, -0.05) is 6.92 Å². The highest BCUT2D eigenvalue weighted by atomic mass is 32.2. The Morgan fingerprint density at radius 2 is 2.18 bits per heavy atom. The van der Waals surface area contributed by atoms with Crippen molar-refractivity contribution in [1.82, 2.24) is 10.2 Å². The third kappa shape index (κ3) is 4.00. The van der Waals surface area contributed by atoms with Gasteiger partial charge in [0, 0.05) is 12.6 Å². The molecule has 2 amide bonds. The molecule has 0 aliphatic carbocycles. The molecule has 0 aromatic heterocycles. The second-order valence-corrected chi connectivity index (χ2v) is 5.68. The number of rotatable bonds is 7. The van der Waals surface area contributed by atoms with Gasteiger partial charge in [-0.25, -0.2) is 0 Å². The van der Waals surface area contributed by atoms with E-state index in [4.69, 9.17) is 0 Å². The summed E-state index contributed by atoms with van der Waals surface area (Å²) in [6.45, 7) is 6.53. The predicted octanol–water partition coefficient (Wildman–Crippen LogP) is 1.26. The summed E-state index contributed by atoms with van der Waals surface area (Å²) in [4.78, 5) is 24.7. The van der Waals surface area contributed by atoms with Crippen LogP contribution in [0.3, 0.4) is 0 Å². The van der Waals surface area contributed by atoms with Crippen molar-refractivity contribution < 1.29 is 9.59 Å². The molecule has 0 spiro atoms. The van der Waals surface area contributed by atoms with E-state index in [1.807, 2.05) is 18.7 Å². The maximum Gasteiger partial charge on any atom is 0.246 e. The third-order valence-corrected chi connectivity index (χ3v) is 3.88. The number of nitrogens with zero attached hydrogens (tertiary/aromatic N) is 1. The Kier molecular flexibility index (Phi) is 5.98. The van der Waals surface area contributed by atoms with Crippen LogP contribution < -0.4 is 5.32 Å². The molecule has 1 fully saturated rings. The topological polar surface area (TPSA) is 49.4 Å². The summed E-state index contributed by atoms with van der Waals surface area (Å²) in [5, 5.41) is 3.26. The zero-order valence-electron chi connectivity index (χ0n) is 10.9. The Morgan fingerprint density at radius 3 is 2.71 bits per heavy atom. The van der Waals surface area contributed by atoms with Gasteiger partial charge in [-0.3, -0.25) is 14.5 Å². The molecule has 4 nitrogen and oxygen atoms in total. The minimum Gasteiger partial charge on any atom is -0.303 e. The van der Waals surface area contributed by atoms with Crippen molar-refractivity contribution >= 4 is 23.6 Å². The first-order chi connectivity index (χ1) is 8.10. The van der Waals surface area contributed by atoms with E-state index in [2.05, 4.69) is 19.2 Å². The van der Waals surface area contributed by atoms with Gasteiger partial charge in [-0.2, -0.15) is 11.8 Å². The fourth-order valence-electron chi connectivity index (χ4n) is 1.98. The maximum absolute atomic E-state index is 11.8. The number of carbonyl (C=O) groups is 2. The summed E-state index contributed by atoms with van der Waals surface area (Å²) in [5.74, 6) is 2.10. The van der Waals surface area contributed by atoms with Crippen LogP contribution in [0.5, 0.6) is 0 Å². The molecule has 0 aromatic carbocycles. The molecular formula is C12H22N2O2S. The number of likely N-dealkylation sites (tertiary alicyclic amines) is 1. The van der Waals surface area contributed by atoms with Crippen LogP contribution in [0, 0.1) is 0 Å². The summed E-state index contributed by atoms with van der Waals surface area (Å²) in [7, 11) is 0. The molecule has 2 unspecified atom stereocenters. The van der Waals surface area contributed by atoms with E-state index >= 15 is 0 Å². The Morgan fingerprint density at radius 1 is 1.47 bits per heavy atom. The Labute approximate surface area is 108 Å². The van der Waals surface area contributed by atoms with Gasteiger partial charge in [-0.15, -0.1) is 0 Å². The summed E-state index contributed by atoms with van der Waals surface area (Å²) in [6, 6.07) is -0.0170. The predicted molar refractivity (Wildman–Crippen MR) is 71.0 cm³/mol. The molecule has 98 valence electrons. The number of carbonyl (C=O) groups excluding carboxylic acids is 2. The first-order valence-electron chi connectivity index (χ1n) is 6.28. The third-order valence-electron chi connectivity index (χ3n) is 2.95. The fraction of sp³-hybridized carbons (Fsp3) is 0.833. The zero-order chi connectivity index (χ0) is 12.8. The van der Waals surface area contributed by atoms with E-state index in [0.717, 1.165) is 17.9 Å².